The summed E-state index contributed by atoms with van der Waals surface area (Å²) in [6.45, 7) is 0.274. The summed E-state index contributed by atoms with van der Waals surface area (Å²) in [5.41, 5.74) is 0.701. The second-order valence-electron chi connectivity index (χ2n) is 5.48. The minimum absolute atomic E-state index is 0.120. The minimum atomic E-state index is -3.78. The van der Waals surface area contributed by atoms with Crippen LogP contribution in [-0.4, -0.2) is 31.2 Å². The summed E-state index contributed by atoms with van der Waals surface area (Å²) in [5, 5.41) is 11.8. The molecule has 1 fully saturated rings. The second-order valence-corrected chi connectivity index (χ2v) is 9.31. The molecule has 0 aliphatic carbocycles. The number of hydrogen-bond donors (Lipinski definition) is 1. The van der Waals surface area contributed by atoms with Gasteiger partial charge < -0.3 is 5.32 Å². The number of rotatable bonds is 4. The topological polar surface area (TPSA) is 90.3 Å². The van der Waals surface area contributed by atoms with E-state index in [-0.39, 0.29) is 10.8 Å². The third-order valence-corrected chi connectivity index (χ3v) is 7.53. The van der Waals surface area contributed by atoms with Crippen molar-refractivity contribution in [1.29, 1.82) is 5.26 Å². The quantitative estimate of drug-likeness (QED) is 0.861. The van der Waals surface area contributed by atoms with E-state index in [2.05, 4.69) is 5.32 Å². The van der Waals surface area contributed by atoms with Gasteiger partial charge in [-0.15, -0.1) is 11.3 Å². The molecule has 0 saturated carbocycles. The van der Waals surface area contributed by atoms with Crippen LogP contribution in [0.25, 0.3) is 0 Å². The summed E-state index contributed by atoms with van der Waals surface area (Å²) in [6.07, 6.45) is 1.02. The lowest BCUT2D eigenvalue weighted by Crippen LogP contribution is -2.42. The number of halogens is 1. The van der Waals surface area contributed by atoms with Crippen LogP contribution < -0.4 is 5.32 Å². The van der Waals surface area contributed by atoms with Gasteiger partial charge in [0.1, 0.15) is 16.3 Å². The van der Waals surface area contributed by atoms with E-state index < -0.39 is 22.0 Å². The highest BCUT2D eigenvalue weighted by Crippen LogP contribution is 2.32. The van der Waals surface area contributed by atoms with E-state index in [9.17, 15) is 13.2 Å². The van der Waals surface area contributed by atoms with Crippen LogP contribution in [0.1, 0.15) is 18.4 Å². The zero-order chi connectivity index (χ0) is 18.0. The number of sulfonamides is 1. The molecule has 25 heavy (non-hydrogen) atoms. The molecule has 130 valence electrons. The summed E-state index contributed by atoms with van der Waals surface area (Å²) in [5.74, 6) is -0.438. The van der Waals surface area contributed by atoms with E-state index in [0.717, 1.165) is 11.3 Å². The zero-order valence-electron chi connectivity index (χ0n) is 13.0. The highest BCUT2D eigenvalue weighted by atomic mass is 35.5. The average molecular weight is 396 g/mol. The van der Waals surface area contributed by atoms with E-state index in [4.69, 9.17) is 16.9 Å². The Morgan fingerprint density at radius 3 is 2.76 bits per heavy atom. The fraction of sp³-hybridized carbons (Fsp3) is 0.250. The molecule has 1 N–H and O–H groups in total. The molecule has 1 aliphatic rings. The smallest absolute Gasteiger partial charge is 0.253 e. The second kappa shape index (κ2) is 7.14. The molecule has 0 radical (unpaired) electrons. The van der Waals surface area contributed by atoms with Crippen LogP contribution in [-0.2, 0) is 14.8 Å². The van der Waals surface area contributed by atoms with E-state index in [0.29, 0.717) is 28.4 Å². The molecule has 2 aromatic rings. The van der Waals surface area contributed by atoms with Gasteiger partial charge >= 0.3 is 0 Å². The van der Waals surface area contributed by atoms with Gasteiger partial charge in [-0.25, -0.2) is 8.42 Å². The number of carbonyl (C=O) groups excluding carboxylic acids is 1. The van der Waals surface area contributed by atoms with E-state index in [1.807, 2.05) is 6.07 Å². The number of thiophene rings is 1. The van der Waals surface area contributed by atoms with E-state index in [1.54, 1.807) is 24.3 Å². The van der Waals surface area contributed by atoms with Crippen LogP contribution in [0.5, 0.6) is 0 Å². The molecule has 6 nitrogen and oxygen atoms in total. The normalized spacial score (nSPS) is 18.0. The maximum atomic E-state index is 12.8. The van der Waals surface area contributed by atoms with Gasteiger partial charge in [-0.05, 0) is 37.1 Å². The van der Waals surface area contributed by atoms with Crippen LogP contribution in [0.15, 0.2) is 40.6 Å². The largest absolute Gasteiger partial charge is 0.323 e. The number of carbonyl (C=O) groups is 1. The average Bonchev–Trinajstić information content (AvgIpc) is 3.24. The van der Waals surface area contributed by atoms with Gasteiger partial charge in [0.25, 0.3) is 10.0 Å². The van der Waals surface area contributed by atoms with Gasteiger partial charge in [-0.3, -0.25) is 4.79 Å². The lowest BCUT2D eigenvalue weighted by Gasteiger charge is -2.22. The predicted octanol–water partition coefficient (Wildman–Crippen LogP) is 3.06. The van der Waals surface area contributed by atoms with E-state index in [1.165, 1.54) is 16.4 Å². The first-order valence-electron chi connectivity index (χ1n) is 7.50. The maximum absolute atomic E-state index is 12.8. The van der Waals surface area contributed by atoms with Crippen LogP contribution in [0.2, 0.25) is 4.34 Å². The molecule has 0 bridgehead atoms. The monoisotopic (exact) mass is 395 g/mol. The van der Waals surface area contributed by atoms with Crippen LogP contribution in [0.3, 0.4) is 0 Å². The molecular weight excluding hydrogens is 382 g/mol. The van der Waals surface area contributed by atoms with E-state index >= 15 is 0 Å². The number of anilines is 1. The first-order valence-corrected chi connectivity index (χ1v) is 10.1. The summed E-state index contributed by atoms with van der Waals surface area (Å²) >= 11 is 6.80. The Bertz CT molecular complexity index is 950. The summed E-state index contributed by atoms with van der Waals surface area (Å²) in [7, 11) is -3.78. The molecule has 1 atom stereocenters. The number of hydrogen-bond acceptors (Lipinski definition) is 5. The number of benzene rings is 1. The summed E-state index contributed by atoms with van der Waals surface area (Å²) < 4.78 is 27.3. The van der Waals surface area contributed by atoms with Crippen molar-refractivity contribution in [3.05, 3.63) is 46.3 Å². The summed E-state index contributed by atoms with van der Waals surface area (Å²) in [6, 6.07) is 10.8. The van der Waals surface area contributed by atoms with Crippen molar-refractivity contribution >= 4 is 44.6 Å². The van der Waals surface area contributed by atoms with Crippen molar-refractivity contribution < 1.29 is 13.2 Å². The Hall–Kier alpha value is -1.92. The van der Waals surface area contributed by atoms with Gasteiger partial charge in [-0.1, -0.05) is 23.7 Å². The van der Waals surface area contributed by atoms with Crippen LogP contribution in [0, 0.1) is 11.3 Å². The maximum Gasteiger partial charge on any atom is 0.253 e. The van der Waals surface area contributed by atoms with Crippen molar-refractivity contribution in [1.82, 2.24) is 4.31 Å². The number of amides is 1. The molecular formula is C16H14ClN3O3S2. The molecule has 0 spiro atoms. The fourth-order valence-electron chi connectivity index (χ4n) is 2.75. The highest BCUT2D eigenvalue weighted by molar-refractivity contribution is 7.91. The SMILES string of the molecule is N#Cc1ccccc1NC(=O)[C@H]1CCCN1S(=O)(=O)c1ccc(Cl)s1. The Morgan fingerprint density at radius 2 is 2.08 bits per heavy atom. The summed E-state index contributed by atoms with van der Waals surface area (Å²) in [4.78, 5) is 12.6. The predicted molar refractivity (Wildman–Crippen MR) is 96.0 cm³/mol. The zero-order valence-corrected chi connectivity index (χ0v) is 15.4. The minimum Gasteiger partial charge on any atom is -0.323 e. The first kappa shape index (κ1) is 17.9. The van der Waals surface area contributed by atoms with Gasteiger partial charge in [0, 0.05) is 6.54 Å². The molecule has 0 unspecified atom stereocenters. The molecule has 1 aromatic heterocycles. The number of nitrogens with one attached hydrogen (secondary N) is 1. The van der Waals surface area contributed by atoms with Crippen molar-refractivity contribution in [2.75, 3.05) is 11.9 Å². The standard InChI is InChI=1S/C16H14ClN3O3S2/c17-14-7-8-15(24-14)25(22,23)20-9-3-6-13(20)16(21)19-12-5-2-1-4-11(12)10-18/h1-2,4-5,7-8,13H,3,6,9H2,(H,19,21)/t13-/m1/s1. The highest BCUT2D eigenvalue weighted by Gasteiger charge is 2.40. The molecule has 1 aromatic carbocycles. The van der Waals surface area contributed by atoms with Crippen molar-refractivity contribution in [2.45, 2.75) is 23.1 Å². The van der Waals surface area contributed by atoms with Crippen LogP contribution in [0.4, 0.5) is 5.69 Å². The van der Waals surface area contributed by atoms with Crippen LogP contribution >= 0.6 is 22.9 Å². The molecule has 1 aliphatic heterocycles. The van der Waals surface area contributed by atoms with Crippen molar-refractivity contribution in [2.24, 2.45) is 0 Å². The van der Waals surface area contributed by atoms with Gasteiger partial charge in [0.2, 0.25) is 5.91 Å². The fourth-order valence-corrected chi connectivity index (χ4v) is 6.02. The molecule has 2 heterocycles. The lowest BCUT2D eigenvalue weighted by atomic mass is 10.1. The molecule has 3 rings (SSSR count). The lowest BCUT2D eigenvalue weighted by molar-refractivity contribution is -0.119. The molecule has 1 amide bonds. The van der Waals surface area contributed by atoms with Gasteiger partial charge in [0.05, 0.1) is 15.6 Å². The van der Waals surface area contributed by atoms with Crippen molar-refractivity contribution in [3.8, 4) is 6.07 Å². The Kier molecular flexibility index (Phi) is 5.11. The number of para-hydroxylation sites is 1. The Morgan fingerprint density at radius 1 is 1.32 bits per heavy atom. The van der Waals surface area contributed by atoms with Gasteiger partial charge in [-0.2, -0.15) is 9.57 Å². The molecule has 9 heteroatoms. The third-order valence-electron chi connectivity index (χ3n) is 3.92. The van der Waals surface area contributed by atoms with Crippen molar-refractivity contribution in [3.63, 3.8) is 0 Å². The third kappa shape index (κ3) is 3.55. The number of nitriles is 1. The number of nitrogens with zero attached hydrogens (tertiary/aromatic N) is 2. The Labute approximate surface area is 154 Å². The Balaban J connectivity index is 1.84. The van der Waals surface area contributed by atoms with Gasteiger partial charge in [0.15, 0.2) is 0 Å². The molecule has 1 saturated heterocycles. The first-order chi connectivity index (χ1) is 11.9.